The Balaban J connectivity index is 0. The Morgan fingerprint density at radius 1 is 0.500 bits per heavy atom. The van der Waals surface area contributed by atoms with Gasteiger partial charge >= 0.3 is 0 Å². The van der Waals surface area contributed by atoms with Crippen molar-refractivity contribution in [2.24, 2.45) is 0 Å². The first kappa shape index (κ1) is 20.6. The van der Waals surface area contributed by atoms with Crippen molar-refractivity contribution in [1.29, 1.82) is 0 Å². The highest BCUT2D eigenvalue weighted by Gasteiger charge is 1.92. The second kappa shape index (κ2) is 19.6. The van der Waals surface area contributed by atoms with Crippen molar-refractivity contribution in [3.8, 4) is 0 Å². The van der Waals surface area contributed by atoms with E-state index in [1.807, 2.05) is 0 Å². The van der Waals surface area contributed by atoms with Crippen LogP contribution in [-0.4, -0.2) is 13.1 Å². The summed E-state index contributed by atoms with van der Waals surface area (Å²) in [6.07, 6.45) is 17.1. The predicted molar refractivity (Wildman–Crippen MR) is 86.9 cm³/mol. The van der Waals surface area contributed by atoms with E-state index < -0.39 is 0 Å². The molecule has 0 aliphatic heterocycles. The number of halogens is 1. The van der Waals surface area contributed by atoms with Crippen LogP contribution in [0.5, 0.6) is 0 Å². The summed E-state index contributed by atoms with van der Waals surface area (Å²) in [6, 6.07) is 0. The average Bonchev–Trinajstić information content (AvgIpc) is 2.35. The summed E-state index contributed by atoms with van der Waals surface area (Å²) >= 11 is 0. The van der Waals surface area contributed by atoms with Crippen LogP contribution in [0.3, 0.4) is 0 Å². The zero-order valence-corrected chi connectivity index (χ0v) is 13.6. The quantitative estimate of drug-likeness (QED) is 0.401. The van der Waals surface area contributed by atoms with Crippen LogP contribution in [0.1, 0.15) is 90.9 Å². The molecule has 0 aliphatic carbocycles. The minimum Gasteiger partial charge on any atom is -0.317 e. The molecule has 18 heavy (non-hydrogen) atoms. The molecule has 0 radical (unpaired) electrons. The van der Waals surface area contributed by atoms with Crippen LogP contribution in [0.2, 0.25) is 0 Å². The van der Waals surface area contributed by atoms with Gasteiger partial charge in [0, 0.05) is 0 Å². The molecule has 112 valence electrons. The highest BCUT2D eigenvalue weighted by atomic mass is 35.5. The molecule has 0 aliphatic rings. The molecule has 0 aromatic rings. The van der Waals surface area contributed by atoms with Crippen LogP contribution in [0.15, 0.2) is 0 Å². The molecule has 0 amide bonds. The van der Waals surface area contributed by atoms with Crippen molar-refractivity contribution < 1.29 is 0 Å². The van der Waals surface area contributed by atoms with Gasteiger partial charge in [-0.3, -0.25) is 0 Å². The molecule has 0 rings (SSSR count). The molecule has 0 bridgehead atoms. The van der Waals surface area contributed by atoms with E-state index in [4.69, 9.17) is 0 Å². The number of nitrogens with one attached hydrogen (secondary N) is 1. The Labute approximate surface area is 122 Å². The Kier molecular flexibility index (Phi) is 22.4. The first-order valence-corrected chi connectivity index (χ1v) is 8.12. The van der Waals surface area contributed by atoms with Gasteiger partial charge < -0.3 is 5.32 Å². The molecular weight excluding hydrogens is 242 g/mol. The summed E-state index contributed by atoms with van der Waals surface area (Å²) in [5, 5.41) is 3.47. The molecule has 0 spiro atoms. The lowest BCUT2D eigenvalue weighted by molar-refractivity contribution is 0.539. The fourth-order valence-electron chi connectivity index (χ4n) is 2.22. The van der Waals surface area contributed by atoms with E-state index in [1.165, 1.54) is 90.1 Å². The predicted octanol–water partition coefficient (Wildman–Crippen LogP) is 5.72. The fourth-order valence-corrected chi connectivity index (χ4v) is 2.22. The van der Waals surface area contributed by atoms with Gasteiger partial charge in [0.05, 0.1) is 0 Å². The Morgan fingerprint density at radius 2 is 0.944 bits per heavy atom. The third-order valence-corrected chi connectivity index (χ3v) is 3.38. The van der Waals surface area contributed by atoms with E-state index in [0.29, 0.717) is 0 Å². The normalized spacial score (nSPS) is 10.3. The maximum Gasteiger partial charge on any atom is -0.00489 e. The van der Waals surface area contributed by atoms with E-state index in [9.17, 15) is 0 Å². The number of rotatable bonds is 14. The zero-order chi connectivity index (χ0) is 12.6. The van der Waals surface area contributed by atoms with Gasteiger partial charge in [0.2, 0.25) is 0 Å². The number of hydrogen-bond acceptors (Lipinski definition) is 1. The third kappa shape index (κ3) is 18.6. The van der Waals surface area contributed by atoms with E-state index in [-0.39, 0.29) is 12.4 Å². The van der Waals surface area contributed by atoms with Crippen LogP contribution in [-0.2, 0) is 0 Å². The second-order valence-corrected chi connectivity index (χ2v) is 5.29. The summed E-state index contributed by atoms with van der Waals surface area (Å²) in [4.78, 5) is 0. The van der Waals surface area contributed by atoms with E-state index >= 15 is 0 Å². The largest absolute Gasteiger partial charge is 0.317 e. The molecule has 1 N–H and O–H groups in total. The van der Waals surface area contributed by atoms with Gasteiger partial charge in [-0.2, -0.15) is 0 Å². The second-order valence-electron chi connectivity index (χ2n) is 5.29. The topological polar surface area (TPSA) is 12.0 Å². The van der Waals surface area contributed by atoms with Crippen molar-refractivity contribution in [3.63, 3.8) is 0 Å². The van der Waals surface area contributed by atoms with Crippen LogP contribution in [0.25, 0.3) is 0 Å². The van der Waals surface area contributed by atoms with Crippen LogP contribution in [0, 0.1) is 0 Å². The molecule has 0 aromatic heterocycles. The SMILES string of the molecule is CCCCCCCCCCCCCNCCC.Cl. The maximum atomic E-state index is 3.47. The van der Waals surface area contributed by atoms with Crippen LogP contribution < -0.4 is 5.32 Å². The number of unbranched alkanes of at least 4 members (excludes halogenated alkanes) is 10. The lowest BCUT2D eigenvalue weighted by Crippen LogP contribution is -2.15. The molecule has 0 saturated carbocycles. The Hall–Kier alpha value is 0.250. The minimum atomic E-state index is 0. The highest BCUT2D eigenvalue weighted by Crippen LogP contribution is 2.10. The van der Waals surface area contributed by atoms with Crippen LogP contribution >= 0.6 is 12.4 Å². The van der Waals surface area contributed by atoms with Crippen LogP contribution in [0.4, 0.5) is 0 Å². The summed E-state index contributed by atoms with van der Waals surface area (Å²) < 4.78 is 0. The van der Waals surface area contributed by atoms with Gasteiger partial charge in [-0.15, -0.1) is 12.4 Å². The standard InChI is InChI=1S/C16H35N.ClH/c1-3-5-6-7-8-9-10-11-12-13-14-16-17-15-4-2;/h17H,3-16H2,1-2H3;1H. The van der Waals surface area contributed by atoms with Gasteiger partial charge in [-0.1, -0.05) is 78.1 Å². The Morgan fingerprint density at radius 3 is 1.39 bits per heavy atom. The molecule has 1 nitrogen and oxygen atoms in total. The molecule has 0 unspecified atom stereocenters. The van der Waals surface area contributed by atoms with Gasteiger partial charge in [-0.25, -0.2) is 0 Å². The van der Waals surface area contributed by atoms with Crippen molar-refractivity contribution in [3.05, 3.63) is 0 Å². The minimum absolute atomic E-state index is 0. The Bertz CT molecular complexity index is 114. The first-order valence-electron chi connectivity index (χ1n) is 8.12. The lowest BCUT2D eigenvalue weighted by Gasteiger charge is -2.03. The summed E-state index contributed by atoms with van der Waals surface area (Å²) in [6.45, 7) is 6.94. The van der Waals surface area contributed by atoms with Gasteiger partial charge in [0.25, 0.3) is 0 Å². The molecule has 0 heterocycles. The maximum absolute atomic E-state index is 3.47. The summed E-state index contributed by atoms with van der Waals surface area (Å²) in [5.41, 5.74) is 0. The van der Waals surface area contributed by atoms with Crippen molar-refractivity contribution >= 4 is 12.4 Å². The number of hydrogen-bond donors (Lipinski definition) is 1. The van der Waals surface area contributed by atoms with E-state index in [2.05, 4.69) is 19.2 Å². The van der Waals surface area contributed by atoms with E-state index in [1.54, 1.807) is 0 Å². The summed E-state index contributed by atoms with van der Waals surface area (Å²) in [7, 11) is 0. The molecule has 2 heteroatoms. The lowest BCUT2D eigenvalue weighted by atomic mass is 10.1. The zero-order valence-electron chi connectivity index (χ0n) is 12.8. The molecule has 0 atom stereocenters. The molecule has 0 fully saturated rings. The van der Waals surface area contributed by atoms with Gasteiger partial charge in [0.1, 0.15) is 0 Å². The monoisotopic (exact) mass is 277 g/mol. The van der Waals surface area contributed by atoms with Crippen molar-refractivity contribution in [1.82, 2.24) is 5.32 Å². The highest BCUT2D eigenvalue weighted by molar-refractivity contribution is 5.85. The summed E-state index contributed by atoms with van der Waals surface area (Å²) in [5.74, 6) is 0. The van der Waals surface area contributed by atoms with Gasteiger partial charge in [0.15, 0.2) is 0 Å². The molecular formula is C16H36ClN. The van der Waals surface area contributed by atoms with Crippen molar-refractivity contribution in [2.75, 3.05) is 13.1 Å². The molecule has 0 aromatic carbocycles. The fraction of sp³-hybridized carbons (Fsp3) is 1.00. The average molecular weight is 278 g/mol. The van der Waals surface area contributed by atoms with Crippen molar-refractivity contribution in [2.45, 2.75) is 90.9 Å². The van der Waals surface area contributed by atoms with E-state index in [0.717, 1.165) is 0 Å². The first-order chi connectivity index (χ1) is 8.41. The van der Waals surface area contributed by atoms with Gasteiger partial charge in [-0.05, 0) is 25.9 Å². The smallest absolute Gasteiger partial charge is 0.00489 e. The third-order valence-electron chi connectivity index (χ3n) is 3.38. The molecule has 0 saturated heterocycles.